The molecule has 0 bridgehead atoms. The molecule has 1 aromatic heterocycles. The number of aromatic amines is 1. The van der Waals surface area contributed by atoms with Gasteiger partial charge in [-0.2, -0.15) is 0 Å². The summed E-state index contributed by atoms with van der Waals surface area (Å²) >= 11 is 0. The van der Waals surface area contributed by atoms with Gasteiger partial charge in [-0.1, -0.05) is 19.1 Å². The summed E-state index contributed by atoms with van der Waals surface area (Å²) in [5.74, 6) is 0.887. The van der Waals surface area contributed by atoms with Crippen molar-refractivity contribution in [2.24, 2.45) is 0 Å². The van der Waals surface area contributed by atoms with E-state index in [9.17, 15) is 4.79 Å². The molecule has 5 nitrogen and oxygen atoms in total. The van der Waals surface area contributed by atoms with Crippen molar-refractivity contribution in [1.82, 2.24) is 19.8 Å². The molecule has 5 heteroatoms. The lowest BCUT2D eigenvalue weighted by Crippen LogP contribution is -2.60. The highest BCUT2D eigenvalue weighted by Gasteiger charge is 2.34. The van der Waals surface area contributed by atoms with Crippen LogP contribution in [0.4, 0.5) is 0 Å². The van der Waals surface area contributed by atoms with Crippen LogP contribution >= 0.6 is 0 Å². The molecule has 0 radical (unpaired) electrons. The number of piperazine rings is 1. The molecule has 122 valence electrons. The van der Waals surface area contributed by atoms with E-state index in [2.05, 4.69) is 35.6 Å². The number of rotatable bonds is 3. The average Bonchev–Trinajstić information content (AvgIpc) is 3.08. The number of hydrogen-bond donors (Lipinski definition) is 1. The van der Waals surface area contributed by atoms with Crippen LogP contribution in [0.3, 0.4) is 0 Å². The summed E-state index contributed by atoms with van der Waals surface area (Å²) in [6.07, 6.45) is 3.51. The zero-order chi connectivity index (χ0) is 16.4. The van der Waals surface area contributed by atoms with Crippen molar-refractivity contribution in [3.63, 3.8) is 0 Å². The molecule has 1 aliphatic heterocycles. The highest BCUT2D eigenvalue weighted by molar-refractivity contribution is 5.95. The van der Waals surface area contributed by atoms with E-state index in [0.29, 0.717) is 0 Å². The Morgan fingerprint density at radius 2 is 2.17 bits per heavy atom. The number of imidazole rings is 1. The maximum Gasteiger partial charge on any atom is 0.253 e. The van der Waals surface area contributed by atoms with Crippen molar-refractivity contribution in [1.29, 1.82) is 0 Å². The predicted molar refractivity (Wildman–Crippen MR) is 91.3 cm³/mol. The molecule has 0 atom stereocenters. The first-order valence-electron chi connectivity index (χ1n) is 8.15. The summed E-state index contributed by atoms with van der Waals surface area (Å²) in [6.45, 7) is 10.1. The van der Waals surface area contributed by atoms with E-state index >= 15 is 0 Å². The Labute approximate surface area is 137 Å². The van der Waals surface area contributed by atoms with Gasteiger partial charge < -0.3 is 9.88 Å². The number of hydrogen-bond acceptors (Lipinski definition) is 3. The number of carbonyl (C=O) groups is 1. The van der Waals surface area contributed by atoms with Gasteiger partial charge >= 0.3 is 0 Å². The monoisotopic (exact) mass is 312 g/mol. The van der Waals surface area contributed by atoms with E-state index in [1.807, 2.05) is 29.2 Å². The van der Waals surface area contributed by atoms with Crippen molar-refractivity contribution < 1.29 is 4.79 Å². The third-order valence-electron chi connectivity index (χ3n) is 4.62. The van der Waals surface area contributed by atoms with Gasteiger partial charge in [0.2, 0.25) is 0 Å². The van der Waals surface area contributed by atoms with Crippen LogP contribution in [-0.2, 0) is 0 Å². The SMILES string of the molecule is CCN1CCN(C(=O)c2cccc(-c3ncc[nH]3)c2)CC1(C)C. The molecular formula is C18H24N4O. The van der Waals surface area contributed by atoms with Crippen LogP contribution < -0.4 is 0 Å². The zero-order valence-corrected chi connectivity index (χ0v) is 14.0. The van der Waals surface area contributed by atoms with Crippen molar-refractivity contribution in [3.05, 3.63) is 42.2 Å². The molecule has 0 spiro atoms. The lowest BCUT2D eigenvalue weighted by atomic mass is 9.98. The summed E-state index contributed by atoms with van der Waals surface area (Å²) in [5.41, 5.74) is 1.67. The molecule has 2 heterocycles. The van der Waals surface area contributed by atoms with Crippen LogP contribution in [0.25, 0.3) is 11.4 Å². The fraction of sp³-hybridized carbons (Fsp3) is 0.444. The molecule has 0 aliphatic carbocycles. The first-order valence-corrected chi connectivity index (χ1v) is 8.15. The van der Waals surface area contributed by atoms with Gasteiger partial charge in [-0.3, -0.25) is 9.69 Å². The topological polar surface area (TPSA) is 52.2 Å². The van der Waals surface area contributed by atoms with Gasteiger partial charge in [0.1, 0.15) is 5.82 Å². The van der Waals surface area contributed by atoms with Crippen molar-refractivity contribution in [3.8, 4) is 11.4 Å². The number of likely N-dealkylation sites (N-methyl/N-ethyl adjacent to an activating group) is 1. The molecular weight excluding hydrogens is 288 g/mol. The molecule has 0 saturated carbocycles. The summed E-state index contributed by atoms with van der Waals surface area (Å²) in [6, 6.07) is 7.68. The quantitative estimate of drug-likeness (QED) is 0.948. The average molecular weight is 312 g/mol. The van der Waals surface area contributed by atoms with Gasteiger partial charge in [-0.05, 0) is 32.5 Å². The van der Waals surface area contributed by atoms with E-state index in [0.717, 1.165) is 43.1 Å². The van der Waals surface area contributed by atoms with Crippen LogP contribution in [0.1, 0.15) is 31.1 Å². The van der Waals surface area contributed by atoms with Crippen LogP contribution in [0, 0.1) is 0 Å². The van der Waals surface area contributed by atoms with Crippen LogP contribution in [-0.4, -0.2) is 57.4 Å². The fourth-order valence-corrected chi connectivity index (χ4v) is 3.35. The molecule has 1 fully saturated rings. The number of benzene rings is 1. The Hall–Kier alpha value is -2.14. The van der Waals surface area contributed by atoms with Crippen LogP contribution in [0.2, 0.25) is 0 Å². The second kappa shape index (κ2) is 6.16. The predicted octanol–water partition coefficient (Wildman–Crippen LogP) is 2.63. The molecule has 1 N–H and O–H groups in total. The Bertz CT molecular complexity index is 678. The van der Waals surface area contributed by atoms with Crippen molar-refractivity contribution >= 4 is 5.91 Å². The highest BCUT2D eigenvalue weighted by Crippen LogP contribution is 2.23. The first kappa shape index (κ1) is 15.7. The van der Waals surface area contributed by atoms with E-state index in [4.69, 9.17) is 0 Å². The fourth-order valence-electron chi connectivity index (χ4n) is 3.35. The van der Waals surface area contributed by atoms with Crippen molar-refractivity contribution in [2.75, 3.05) is 26.2 Å². The first-order chi connectivity index (χ1) is 11.0. The normalized spacial score (nSPS) is 18.1. The largest absolute Gasteiger partial charge is 0.345 e. The zero-order valence-electron chi connectivity index (χ0n) is 14.0. The van der Waals surface area contributed by atoms with E-state index < -0.39 is 0 Å². The van der Waals surface area contributed by atoms with E-state index in [1.165, 1.54) is 0 Å². The minimum Gasteiger partial charge on any atom is -0.345 e. The Morgan fingerprint density at radius 1 is 1.35 bits per heavy atom. The summed E-state index contributed by atoms with van der Waals surface area (Å²) in [5, 5.41) is 0. The lowest BCUT2D eigenvalue weighted by Gasteiger charge is -2.46. The standard InChI is InChI=1S/C18H24N4O/c1-4-22-11-10-21(13-18(22,2)3)17(23)15-7-5-6-14(12-15)16-19-8-9-20-16/h5-9,12H,4,10-11,13H2,1-3H3,(H,19,20). The smallest absolute Gasteiger partial charge is 0.253 e. The van der Waals surface area contributed by atoms with Gasteiger partial charge in [0.25, 0.3) is 5.91 Å². The third kappa shape index (κ3) is 3.15. The molecule has 0 unspecified atom stereocenters. The van der Waals surface area contributed by atoms with Gasteiger partial charge in [0, 0.05) is 48.7 Å². The van der Waals surface area contributed by atoms with Gasteiger partial charge in [0.05, 0.1) is 0 Å². The highest BCUT2D eigenvalue weighted by atomic mass is 16.2. The summed E-state index contributed by atoms with van der Waals surface area (Å²) in [7, 11) is 0. The maximum atomic E-state index is 12.9. The Kier molecular flexibility index (Phi) is 4.22. The van der Waals surface area contributed by atoms with Crippen LogP contribution in [0.15, 0.2) is 36.7 Å². The number of carbonyl (C=O) groups excluding carboxylic acids is 1. The third-order valence-corrected chi connectivity index (χ3v) is 4.62. The molecule has 1 aromatic carbocycles. The Morgan fingerprint density at radius 3 is 2.83 bits per heavy atom. The molecule has 1 amide bonds. The minimum atomic E-state index is 0.0152. The molecule has 3 rings (SSSR count). The number of aromatic nitrogens is 2. The summed E-state index contributed by atoms with van der Waals surface area (Å²) < 4.78 is 0. The Balaban J connectivity index is 1.80. The molecule has 2 aromatic rings. The van der Waals surface area contributed by atoms with Gasteiger partial charge in [-0.25, -0.2) is 4.98 Å². The van der Waals surface area contributed by atoms with Gasteiger partial charge in [0.15, 0.2) is 0 Å². The lowest BCUT2D eigenvalue weighted by molar-refractivity contribution is 0.0210. The number of amides is 1. The number of nitrogens with one attached hydrogen (secondary N) is 1. The number of H-pyrrole nitrogens is 1. The minimum absolute atomic E-state index is 0.0152. The molecule has 1 saturated heterocycles. The second-order valence-electron chi connectivity index (χ2n) is 6.64. The number of nitrogens with zero attached hydrogens (tertiary/aromatic N) is 3. The molecule has 1 aliphatic rings. The van der Waals surface area contributed by atoms with Crippen LogP contribution in [0.5, 0.6) is 0 Å². The van der Waals surface area contributed by atoms with E-state index in [-0.39, 0.29) is 11.4 Å². The van der Waals surface area contributed by atoms with Gasteiger partial charge in [-0.15, -0.1) is 0 Å². The van der Waals surface area contributed by atoms with E-state index in [1.54, 1.807) is 12.4 Å². The second-order valence-corrected chi connectivity index (χ2v) is 6.64. The van der Waals surface area contributed by atoms with Crippen molar-refractivity contribution in [2.45, 2.75) is 26.3 Å². The maximum absolute atomic E-state index is 12.9. The summed E-state index contributed by atoms with van der Waals surface area (Å²) in [4.78, 5) is 24.6. The molecule has 23 heavy (non-hydrogen) atoms.